The second kappa shape index (κ2) is 8.03. The van der Waals surface area contributed by atoms with Crippen molar-refractivity contribution in [2.75, 3.05) is 26.4 Å². The molecule has 4 heteroatoms. The lowest BCUT2D eigenvalue weighted by Gasteiger charge is -2.29. The van der Waals surface area contributed by atoms with Crippen LogP contribution in [0.4, 0.5) is 0 Å². The third kappa shape index (κ3) is 4.92. The highest BCUT2D eigenvalue weighted by molar-refractivity contribution is 4.91. The fourth-order valence-corrected chi connectivity index (χ4v) is 2.48. The van der Waals surface area contributed by atoms with Gasteiger partial charge in [-0.15, -0.1) is 0 Å². The maximum absolute atomic E-state index is 9.46. The van der Waals surface area contributed by atoms with Gasteiger partial charge in [0.1, 0.15) is 0 Å². The number of rotatable bonds is 9. The van der Waals surface area contributed by atoms with Gasteiger partial charge in [0, 0.05) is 31.7 Å². The zero-order chi connectivity index (χ0) is 12.6. The van der Waals surface area contributed by atoms with E-state index in [9.17, 15) is 5.11 Å². The molecule has 1 fully saturated rings. The Labute approximate surface area is 105 Å². The number of aliphatic hydroxyl groups excluding tert-OH is 1. The predicted molar refractivity (Wildman–Crippen MR) is 67.9 cm³/mol. The minimum absolute atomic E-state index is 0.0387. The van der Waals surface area contributed by atoms with Gasteiger partial charge in [-0.2, -0.15) is 0 Å². The Kier molecular flexibility index (Phi) is 7.04. The van der Waals surface area contributed by atoms with E-state index in [1.165, 1.54) is 12.8 Å². The Morgan fingerprint density at radius 2 is 1.76 bits per heavy atom. The molecule has 0 atom stereocenters. The first-order valence-corrected chi connectivity index (χ1v) is 6.85. The number of hydrogen-bond donors (Lipinski definition) is 2. The molecule has 0 heterocycles. The van der Waals surface area contributed by atoms with E-state index in [4.69, 9.17) is 9.47 Å². The van der Waals surface area contributed by atoms with Crippen LogP contribution in [0, 0.1) is 0 Å². The van der Waals surface area contributed by atoms with Gasteiger partial charge in [0.25, 0.3) is 0 Å². The zero-order valence-corrected chi connectivity index (χ0v) is 11.2. The Hall–Kier alpha value is -0.160. The number of ether oxygens (including phenoxy) is 2. The van der Waals surface area contributed by atoms with E-state index >= 15 is 0 Å². The van der Waals surface area contributed by atoms with Crippen LogP contribution in [0.25, 0.3) is 0 Å². The lowest BCUT2D eigenvalue weighted by atomic mass is 9.99. The van der Waals surface area contributed by atoms with Gasteiger partial charge in [-0.25, -0.2) is 0 Å². The van der Waals surface area contributed by atoms with Crippen LogP contribution >= 0.6 is 0 Å². The highest BCUT2D eigenvalue weighted by Crippen LogP contribution is 2.28. The Bertz CT molecular complexity index is 187. The minimum atomic E-state index is -0.116. The summed E-state index contributed by atoms with van der Waals surface area (Å²) >= 11 is 0. The molecule has 17 heavy (non-hydrogen) atoms. The molecule has 0 aromatic heterocycles. The summed E-state index contributed by atoms with van der Waals surface area (Å²) in [5.41, 5.74) is -0.0387. The average Bonchev–Trinajstić information content (AvgIpc) is 2.79. The molecule has 0 unspecified atom stereocenters. The SMILES string of the molecule is CCOC(CCNC1(CO)CCCC1)OCC. The topological polar surface area (TPSA) is 50.7 Å². The van der Waals surface area contributed by atoms with E-state index in [2.05, 4.69) is 5.32 Å². The van der Waals surface area contributed by atoms with Gasteiger partial charge in [0.2, 0.25) is 0 Å². The van der Waals surface area contributed by atoms with Crippen molar-refractivity contribution in [2.45, 2.75) is 57.8 Å². The summed E-state index contributed by atoms with van der Waals surface area (Å²) < 4.78 is 11.0. The molecule has 0 amide bonds. The third-order valence-corrected chi connectivity index (χ3v) is 3.45. The summed E-state index contributed by atoms with van der Waals surface area (Å²) in [6.07, 6.45) is 5.31. The number of hydrogen-bond acceptors (Lipinski definition) is 4. The van der Waals surface area contributed by atoms with Crippen LogP contribution in [0.1, 0.15) is 46.0 Å². The van der Waals surface area contributed by atoms with Gasteiger partial charge >= 0.3 is 0 Å². The van der Waals surface area contributed by atoms with Crippen LogP contribution < -0.4 is 5.32 Å². The van der Waals surface area contributed by atoms with Crippen molar-refractivity contribution in [2.24, 2.45) is 0 Å². The Balaban J connectivity index is 2.24. The summed E-state index contributed by atoms with van der Waals surface area (Å²) in [6.45, 7) is 6.38. The molecule has 0 radical (unpaired) electrons. The normalized spacial score (nSPS) is 19.1. The summed E-state index contributed by atoms with van der Waals surface area (Å²) in [6, 6.07) is 0. The molecule has 102 valence electrons. The summed E-state index contributed by atoms with van der Waals surface area (Å²) in [4.78, 5) is 0. The van der Waals surface area contributed by atoms with Crippen molar-refractivity contribution in [3.63, 3.8) is 0 Å². The second-order valence-electron chi connectivity index (χ2n) is 4.70. The van der Waals surface area contributed by atoms with E-state index in [1.54, 1.807) is 0 Å². The van der Waals surface area contributed by atoms with Crippen molar-refractivity contribution in [3.8, 4) is 0 Å². The average molecular weight is 245 g/mol. The molecule has 1 saturated carbocycles. The maximum Gasteiger partial charge on any atom is 0.158 e. The molecule has 1 aliphatic rings. The molecule has 0 aromatic carbocycles. The van der Waals surface area contributed by atoms with E-state index < -0.39 is 0 Å². The molecular formula is C13H27NO3. The molecule has 1 rings (SSSR count). The molecule has 0 aliphatic heterocycles. The second-order valence-corrected chi connectivity index (χ2v) is 4.70. The minimum Gasteiger partial charge on any atom is -0.394 e. The van der Waals surface area contributed by atoms with Crippen LogP contribution in [0.5, 0.6) is 0 Å². The van der Waals surface area contributed by atoms with E-state index in [0.717, 1.165) is 25.8 Å². The van der Waals surface area contributed by atoms with Crippen LogP contribution in [-0.2, 0) is 9.47 Å². The first kappa shape index (κ1) is 14.9. The molecule has 2 N–H and O–H groups in total. The molecular weight excluding hydrogens is 218 g/mol. The van der Waals surface area contributed by atoms with Gasteiger partial charge in [0.05, 0.1) is 6.61 Å². The summed E-state index contributed by atoms with van der Waals surface area (Å²) in [5.74, 6) is 0. The molecule has 0 spiro atoms. The van der Waals surface area contributed by atoms with Crippen molar-refractivity contribution >= 4 is 0 Å². The standard InChI is InChI=1S/C13H27NO3/c1-3-16-12(17-4-2)7-10-14-13(11-15)8-5-6-9-13/h12,14-15H,3-11H2,1-2H3. The fraction of sp³-hybridized carbons (Fsp3) is 1.00. The van der Waals surface area contributed by atoms with Gasteiger partial charge in [-0.3, -0.25) is 0 Å². The molecule has 0 saturated heterocycles. The van der Waals surface area contributed by atoms with E-state index in [1.807, 2.05) is 13.8 Å². The van der Waals surface area contributed by atoms with Gasteiger partial charge in [-0.05, 0) is 26.7 Å². The van der Waals surface area contributed by atoms with Crippen molar-refractivity contribution < 1.29 is 14.6 Å². The lowest BCUT2D eigenvalue weighted by molar-refractivity contribution is -0.139. The van der Waals surface area contributed by atoms with Gasteiger partial charge in [-0.1, -0.05) is 12.8 Å². The van der Waals surface area contributed by atoms with Gasteiger partial charge < -0.3 is 19.9 Å². The monoisotopic (exact) mass is 245 g/mol. The molecule has 0 bridgehead atoms. The smallest absolute Gasteiger partial charge is 0.158 e. The first-order chi connectivity index (χ1) is 8.26. The number of nitrogens with one attached hydrogen (secondary N) is 1. The fourth-order valence-electron chi connectivity index (χ4n) is 2.48. The van der Waals surface area contributed by atoms with Crippen LogP contribution in [0.3, 0.4) is 0 Å². The highest BCUT2D eigenvalue weighted by atomic mass is 16.7. The molecule has 0 aromatic rings. The summed E-state index contributed by atoms with van der Waals surface area (Å²) in [7, 11) is 0. The Morgan fingerprint density at radius 3 is 2.24 bits per heavy atom. The van der Waals surface area contributed by atoms with Crippen LogP contribution in [0.15, 0.2) is 0 Å². The van der Waals surface area contributed by atoms with Crippen LogP contribution in [-0.4, -0.2) is 43.3 Å². The van der Waals surface area contributed by atoms with Crippen molar-refractivity contribution in [3.05, 3.63) is 0 Å². The first-order valence-electron chi connectivity index (χ1n) is 6.85. The maximum atomic E-state index is 9.46. The lowest BCUT2D eigenvalue weighted by Crippen LogP contribution is -2.47. The quantitative estimate of drug-likeness (QED) is 0.607. The largest absolute Gasteiger partial charge is 0.394 e. The predicted octanol–water partition coefficient (Wildman–Crippen LogP) is 1.67. The molecule has 4 nitrogen and oxygen atoms in total. The van der Waals surface area contributed by atoms with Crippen molar-refractivity contribution in [1.29, 1.82) is 0 Å². The highest BCUT2D eigenvalue weighted by Gasteiger charge is 2.32. The van der Waals surface area contributed by atoms with Crippen molar-refractivity contribution in [1.82, 2.24) is 5.32 Å². The van der Waals surface area contributed by atoms with E-state index in [0.29, 0.717) is 13.2 Å². The zero-order valence-electron chi connectivity index (χ0n) is 11.2. The number of aliphatic hydroxyl groups is 1. The summed E-state index contributed by atoms with van der Waals surface area (Å²) in [5, 5.41) is 12.9. The Morgan fingerprint density at radius 1 is 1.18 bits per heavy atom. The van der Waals surface area contributed by atoms with E-state index in [-0.39, 0.29) is 18.4 Å². The van der Waals surface area contributed by atoms with Crippen LogP contribution in [0.2, 0.25) is 0 Å². The van der Waals surface area contributed by atoms with Gasteiger partial charge in [0.15, 0.2) is 6.29 Å². The third-order valence-electron chi connectivity index (χ3n) is 3.45. The molecule has 1 aliphatic carbocycles.